The Hall–Kier alpha value is -2.48. The third kappa shape index (κ3) is 3.88. The largest absolute Gasteiger partial charge is 0.291 e. The number of aromatic nitrogens is 5. The van der Waals surface area contributed by atoms with E-state index >= 15 is 0 Å². The van der Waals surface area contributed by atoms with Gasteiger partial charge in [0.15, 0.2) is 0 Å². The molecule has 0 spiro atoms. The minimum atomic E-state index is -0.405. The number of hydrogen-bond acceptors (Lipinski definition) is 4. The fourth-order valence-electron chi connectivity index (χ4n) is 2.37. The van der Waals surface area contributed by atoms with Gasteiger partial charge in [0.05, 0.1) is 17.2 Å². The van der Waals surface area contributed by atoms with Gasteiger partial charge in [-0.15, -0.1) is 5.10 Å². The fraction of sp³-hybridized carbons (Fsp3) is 0.250. The average Bonchev–Trinajstić information content (AvgIpc) is 3.18. The molecule has 124 valence electrons. The minimum Gasteiger partial charge on any atom is -0.291 e. The van der Waals surface area contributed by atoms with Crippen molar-refractivity contribution < 1.29 is 4.79 Å². The Labute approximate surface area is 147 Å². The van der Waals surface area contributed by atoms with Crippen molar-refractivity contribution in [3.8, 4) is 0 Å². The van der Waals surface area contributed by atoms with E-state index in [2.05, 4.69) is 36.4 Å². The van der Waals surface area contributed by atoms with Crippen LogP contribution in [0.1, 0.15) is 24.9 Å². The van der Waals surface area contributed by atoms with E-state index in [0.29, 0.717) is 18.9 Å². The van der Waals surface area contributed by atoms with Gasteiger partial charge >= 0.3 is 0 Å². The quantitative estimate of drug-likeness (QED) is 0.703. The van der Waals surface area contributed by atoms with Crippen LogP contribution in [0, 0.1) is 0 Å². The molecule has 1 atom stereocenters. The number of nitrogens with one attached hydrogen (secondary N) is 1. The molecule has 0 saturated carbocycles. The zero-order chi connectivity index (χ0) is 16.9. The molecule has 1 N–H and O–H groups in total. The molecule has 1 amide bonds. The maximum atomic E-state index is 12.4. The number of amides is 1. The first-order valence-corrected chi connectivity index (χ1v) is 8.39. The normalized spacial score (nSPS) is 12.1. The monoisotopic (exact) mass is 388 g/mol. The number of halogens is 1. The number of benzene rings is 1. The summed E-state index contributed by atoms with van der Waals surface area (Å²) in [6, 6.07) is 9.55. The second-order valence-electron chi connectivity index (χ2n) is 5.30. The van der Waals surface area contributed by atoms with Crippen LogP contribution in [-0.2, 0) is 11.3 Å². The van der Waals surface area contributed by atoms with Crippen molar-refractivity contribution in [1.29, 1.82) is 0 Å². The summed E-state index contributed by atoms with van der Waals surface area (Å²) >= 11 is 3.34. The molecule has 0 aliphatic rings. The minimum absolute atomic E-state index is 0.189. The highest BCUT2D eigenvalue weighted by atomic mass is 79.9. The third-order valence-electron chi connectivity index (χ3n) is 3.54. The lowest BCUT2D eigenvalue weighted by molar-refractivity contribution is -0.119. The smallest absolute Gasteiger partial charge is 0.251 e. The van der Waals surface area contributed by atoms with Crippen LogP contribution in [0.4, 0.5) is 5.95 Å². The predicted octanol–water partition coefficient (Wildman–Crippen LogP) is 2.88. The lowest BCUT2D eigenvalue weighted by Crippen LogP contribution is -2.26. The van der Waals surface area contributed by atoms with Crippen LogP contribution in [0.15, 0.2) is 53.5 Å². The molecule has 8 heteroatoms. The average molecular weight is 389 g/mol. The highest BCUT2D eigenvalue weighted by Crippen LogP contribution is 2.16. The van der Waals surface area contributed by atoms with Gasteiger partial charge in [0, 0.05) is 6.20 Å². The zero-order valence-electron chi connectivity index (χ0n) is 13.1. The Kier molecular flexibility index (Phi) is 5.05. The summed E-state index contributed by atoms with van der Waals surface area (Å²) in [6.45, 7) is 2.54. The van der Waals surface area contributed by atoms with Crippen LogP contribution >= 0.6 is 15.9 Å². The molecule has 0 fully saturated rings. The summed E-state index contributed by atoms with van der Waals surface area (Å²) in [5.74, 6) is 0.103. The van der Waals surface area contributed by atoms with Crippen LogP contribution < -0.4 is 5.32 Å². The Balaban J connectivity index is 1.66. The van der Waals surface area contributed by atoms with Crippen LogP contribution in [-0.4, -0.2) is 30.5 Å². The molecule has 2 aromatic heterocycles. The number of anilines is 1. The zero-order valence-corrected chi connectivity index (χ0v) is 14.7. The van der Waals surface area contributed by atoms with Gasteiger partial charge in [0.25, 0.3) is 5.91 Å². The molecule has 0 radical (unpaired) electrons. The van der Waals surface area contributed by atoms with Crippen molar-refractivity contribution in [3.63, 3.8) is 0 Å². The van der Waals surface area contributed by atoms with Crippen molar-refractivity contribution in [2.75, 3.05) is 5.32 Å². The second-order valence-corrected chi connectivity index (χ2v) is 6.22. The van der Waals surface area contributed by atoms with Gasteiger partial charge in [-0.05, 0) is 27.9 Å². The fourth-order valence-corrected chi connectivity index (χ4v) is 2.67. The summed E-state index contributed by atoms with van der Waals surface area (Å²) in [5.41, 5.74) is 1.12. The van der Waals surface area contributed by atoms with Gasteiger partial charge < -0.3 is 0 Å². The summed E-state index contributed by atoms with van der Waals surface area (Å²) in [6.07, 6.45) is 5.65. The van der Waals surface area contributed by atoms with E-state index in [-0.39, 0.29) is 5.91 Å². The molecule has 0 aliphatic carbocycles. The highest BCUT2D eigenvalue weighted by Gasteiger charge is 2.20. The first kappa shape index (κ1) is 16.4. The number of nitrogens with zero attached hydrogens (tertiary/aromatic N) is 5. The molecule has 3 rings (SSSR count). The van der Waals surface area contributed by atoms with E-state index in [9.17, 15) is 4.79 Å². The molecule has 1 aromatic carbocycles. The molecule has 3 aromatic rings. The van der Waals surface area contributed by atoms with Gasteiger partial charge in [-0.3, -0.25) is 14.8 Å². The molecule has 7 nitrogen and oxygen atoms in total. The highest BCUT2D eigenvalue weighted by molar-refractivity contribution is 9.10. The van der Waals surface area contributed by atoms with E-state index in [1.165, 1.54) is 0 Å². The standard InChI is InChI=1S/C16H17BrN6O/c1-2-14(23-10-13(17)8-19-23)15(24)20-16-18-11-22(21-16)9-12-6-4-3-5-7-12/h3-8,10-11,14H,2,9H2,1H3,(H,20,21,24). The van der Waals surface area contributed by atoms with Crippen molar-refractivity contribution in [3.05, 3.63) is 59.1 Å². The molecule has 1 unspecified atom stereocenters. The van der Waals surface area contributed by atoms with E-state index < -0.39 is 6.04 Å². The molecular formula is C16H17BrN6O. The number of carbonyl (C=O) groups is 1. The Bertz CT molecular complexity index is 813. The lowest BCUT2D eigenvalue weighted by atomic mass is 10.2. The first-order chi connectivity index (χ1) is 11.7. The molecular weight excluding hydrogens is 372 g/mol. The Morgan fingerprint density at radius 1 is 1.33 bits per heavy atom. The predicted molar refractivity (Wildman–Crippen MR) is 93.5 cm³/mol. The van der Waals surface area contributed by atoms with Gasteiger partial charge in [-0.1, -0.05) is 37.3 Å². The number of rotatable bonds is 6. The topological polar surface area (TPSA) is 77.6 Å². The number of carbonyl (C=O) groups excluding carboxylic acids is 1. The Morgan fingerprint density at radius 2 is 2.12 bits per heavy atom. The van der Waals surface area contributed by atoms with Gasteiger partial charge in [-0.2, -0.15) is 5.10 Å². The third-order valence-corrected chi connectivity index (χ3v) is 3.95. The maximum absolute atomic E-state index is 12.4. The van der Waals surface area contributed by atoms with Gasteiger partial charge in [0.2, 0.25) is 5.95 Å². The summed E-state index contributed by atoms with van der Waals surface area (Å²) < 4.78 is 4.15. The van der Waals surface area contributed by atoms with Gasteiger partial charge in [0.1, 0.15) is 12.4 Å². The first-order valence-electron chi connectivity index (χ1n) is 7.59. The van der Waals surface area contributed by atoms with Crippen molar-refractivity contribution >= 4 is 27.8 Å². The van der Waals surface area contributed by atoms with E-state index in [1.54, 1.807) is 28.1 Å². The van der Waals surface area contributed by atoms with Crippen LogP contribution in [0.2, 0.25) is 0 Å². The maximum Gasteiger partial charge on any atom is 0.251 e. The summed E-state index contributed by atoms with van der Waals surface area (Å²) in [7, 11) is 0. The van der Waals surface area contributed by atoms with E-state index in [4.69, 9.17) is 0 Å². The summed E-state index contributed by atoms with van der Waals surface area (Å²) in [4.78, 5) is 16.6. The summed E-state index contributed by atoms with van der Waals surface area (Å²) in [5, 5.41) is 11.2. The van der Waals surface area contributed by atoms with Crippen LogP contribution in [0.3, 0.4) is 0 Å². The van der Waals surface area contributed by atoms with Crippen LogP contribution in [0.25, 0.3) is 0 Å². The molecule has 24 heavy (non-hydrogen) atoms. The van der Waals surface area contributed by atoms with E-state index in [0.717, 1.165) is 10.0 Å². The molecule has 2 heterocycles. The second kappa shape index (κ2) is 7.39. The Morgan fingerprint density at radius 3 is 2.79 bits per heavy atom. The molecule has 0 saturated heterocycles. The van der Waals surface area contributed by atoms with Crippen LogP contribution in [0.5, 0.6) is 0 Å². The molecule has 0 aliphatic heterocycles. The SMILES string of the molecule is CCC(C(=O)Nc1ncn(Cc2ccccc2)n1)n1cc(Br)cn1. The van der Waals surface area contributed by atoms with Crippen molar-refractivity contribution in [2.45, 2.75) is 25.9 Å². The lowest BCUT2D eigenvalue weighted by Gasteiger charge is -2.13. The van der Waals surface area contributed by atoms with Crippen molar-refractivity contribution in [1.82, 2.24) is 24.5 Å². The molecule has 0 bridgehead atoms. The van der Waals surface area contributed by atoms with Gasteiger partial charge in [-0.25, -0.2) is 9.67 Å². The van der Waals surface area contributed by atoms with E-state index in [1.807, 2.05) is 37.3 Å². The van der Waals surface area contributed by atoms with Crippen molar-refractivity contribution in [2.24, 2.45) is 0 Å². The number of hydrogen-bond donors (Lipinski definition) is 1.